The van der Waals surface area contributed by atoms with E-state index in [2.05, 4.69) is 94.9 Å². The van der Waals surface area contributed by atoms with Gasteiger partial charge >= 0.3 is 0 Å². The van der Waals surface area contributed by atoms with Gasteiger partial charge in [0.2, 0.25) is 0 Å². The zero-order chi connectivity index (χ0) is 30.5. The molecule has 0 amide bonds. The highest BCUT2D eigenvalue weighted by atomic mass is 32.2. The molecule has 3 aromatic carbocycles. The van der Waals surface area contributed by atoms with Crippen LogP contribution in [0.4, 0.5) is 0 Å². The van der Waals surface area contributed by atoms with Gasteiger partial charge in [0.15, 0.2) is 0 Å². The Morgan fingerprint density at radius 2 is 1.54 bits per heavy atom. The summed E-state index contributed by atoms with van der Waals surface area (Å²) < 4.78 is 0. The molecule has 0 fully saturated rings. The summed E-state index contributed by atoms with van der Waals surface area (Å²) in [6.07, 6.45) is 7.63. The fourth-order valence-electron chi connectivity index (χ4n) is 6.25. The highest BCUT2D eigenvalue weighted by Gasteiger charge is 2.33. The molecule has 6 heterocycles. The minimum atomic E-state index is -0.00183. The van der Waals surface area contributed by atoms with Crippen molar-refractivity contribution in [2.45, 2.75) is 5.37 Å². The summed E-state index contributed by atoms with van der Waals surface area (Å²) in [6.45, 7) is 0.413. The SMILES string of the molecule is C1=C2C3=C(SC2N=C1c1cccc2ccccc12)C(c1ccc(-c2cc(-c4cccnc4)nc(-c4ccccn4)c2)cc1)=NC[N-]3. The lowest BCUT2D eigenvalue weighted by atomic mass is 9.98. The van der Waals surface area contributed by atoms with Crippen LogP contribution in [0.25, 0.3) is 49.9 Å². The first-order chi connectivity index (χ1) is 22.8. The zero-order valence-electron chi connectivity index (χ0n) is 24.6. The van der Waals surface area contributed by atoms with Crippen molar-refractivity contribution in [1.82, 2.24) is 15.0 Å². The first-order valence-corrected chi connectivity index (χ1v) is 16.0. The van der Waals surface area contributed by atoms with Gasteiger partial charge in [0.05, 0.1) is 28.5 Å². The van der Waals surface area contributed by atoms with Crippen molar-refractivity contribution in [3.63, 3.8) is 0 Å². The second kappa shape index (κ2) is 11.1. The maximum atomic E-state index is 5.16. The highest BCUT2D eigenvalue weighted by Crippen LogP contribution is 2.50. The molecule has 7 heteroatoms. The number of thioether (sulfide) groups is 1. The van der Waals surface area contributed by atoms with Gasteiger partial charge in [-0.1, -0.05) is 84.6 Å². The third-order valence-corrected chi connectivity index (χ3v) is 9.68. The van der Waals surface area contributed by atoms with Gasteiger partial charge < -0.3 is 10.3 Å². The van der Waals surface area contributed by atoms with Crippen molar-refractivity contribution in [2.24, 2.45) is 9.98 Å². The topological polar surface area (TPSA) is 77.5 Å². The Balaban J connectivity index is 1.04. The Labute approximate surface area is 270 Å². The van der Waals surface area contributed by atoms with Crippen LogP contribution in [0, 0.1) is 0 Å². The normalized spacial score (nSPS) is 16.8. The monoisotopic (exact) mass is 609 g/mol. The number of allylic oxidation sites excluding steroid dienone is 2. The third-order valence-electron chi connectivity index (χ3n) is 8.47. The van der Waals surface area contributed by atoms with E-state index in [1.165, 1.54) is 16.3 Å². The van der Waals surface area contributed by atoms with Crippen LogP contribution >= 0.6 is 11.8 Å². The van der Waals surface area contributed by atoms with Crippen molar-refractivity contribution < 1.29 is 0 Å². The number of aliphatic imine (C=N–C) groups is 2. The van der Waals surface area contributed by atoms with E-state index in [9.17, 15) is 0 Å². The fourth-order valence-corrected chi connectivity index (χ4v) is 7.53. The summed E-state index contributed by atoms with van der Waals surface area (Å²) in [5, 5.41) is 7.29. The first-order valence-electron chi connectivity index (χ1n) is 15.1. The first kappa shape index (κ1) is 26.7. The quantitative estimate of drug-likeness (QED) is 0.196. The molecule has 3 aliphatic rings. The van der Waals surface area contributed by atoms with Crippen LogP contribution in [0.5, 0.6) is 0 Å². The van der Waals surface area contributed by atoms with Gasteiger partial charge in [-0.05, 0) is 76.6 Å². The van der Waals surface area contributed by atoms with E-state index in [1.807, 2.05) is 36.5 Å². The van der Waals surface area contributed by atoms with E-state index in [1.54, 1.807) is 24.2 Å². The van der Waals surface area contributed by atoms with Crippen molar-refractivity contribution in [3.05, 3.63) is 166 Å². The summed E-state index contributed by atoms with van der Waals surface area (Å²) in [6, 6.07) is 37.6. The summed E-state index contributed by atoms with van der Waals surface area (Å²) >= 11 is 1.75. The molecule has 46 heavy (non-hydrogen) atoms. The molecule has 0 N–H and O–H groups in total. The van der Waals surface area contributed by atoms with Crippen LogP contribution in [0.3, 0.4) is 0 Å². The molecule has 9 rings (SSSR count). The smallest absolute Gasteiger partial charge is 0.124 e. The predicted molar refractivity (Wildman–Crippen MR) is 188 cm³/mol. The van der Waals surface area contributed by atoms with Crippen LogP contribution in [0.1, 0.15) is 11.1 Å². The van der Waals surface area contributed by atoms with E-state index >= 15 is 0 Å². The van der Waals surface area contributed by atoms with E-state index in [0.29, 0.717) is 6.67 Å². The van der Waals surface area contributed by atoms with Gasteiger partial charge in [-0.25, -0.2) is 4.98 Å². The molecule has 0 spiro atoms. The number of aromatic nitrogens is 3. The summed E-state index contributed by atoms with van der Waals surface area (Å²) in [5.74, 6) is 0. The predicted octanol–water partition coefficient (Wildman–Crippen LogP) is 8.87. The zero-order valence-corrected chi connectivity index (χ0v) is 25.4. The number of nitrogens with zero attached hydrogens (tertiary/aromatic N) is 6. The number of rotatable bonds is 5. The maximum absolute atomic E-state index is 5.16. The van der Waals surface area contributed by atoms with Crippen LogP contribution in [-0.2, 0) is 0 Å². The molecule has 6 aromatic rings. The van der Waals surface area contributed by atoms with Crippen LogP contribution < -0.4 is 0 Å². The Kier molecular flexibility index (Phi) is 6.42. The van der Waals surface area contributed by atoms with Crippen molar-refractivity contribution >= 4 is 34.0 Å². The number of hydrogen-bond acceptors (Lipinski definition) is 6. The molecule has 3 aromatic heterocycles. The molecule has 0 radical (unpaired) electrons. The molecule has 0 bridgehead atoms. The molecular formula is C39H25N6S-. The van der Waals surface area contributed by atoms with Crippen LogP contribution in [-0.4, -0.2) is 38.4 Å². The molecular weight excluding hydrogens is 585 g/mol. The van der Waals surface area contributed by atoms with Crippen molar-refractivity contribution in [2.75, 3.05) is 6.67 Å². The molecule has 6 nitrogen and oxygen atoms in total. The van der Waals surface area contributed by atoms with Gasteiger partial charge in [0, 0.05) is 40.2 Å². The fraction of sp³-hybridized carbons (Fsp3) is 0.0513. The van der Waals surface area contributed by atoms with Gasteiger partial charge in [0.25, 0.3) is 0 Å². The number of hydrogen-bond donors (Lipinski definition) is 0. The van der Waals surface area contributed by atoms with Crippen LogP contribution in [0.15, 0.2) is 160 Å². The minimum Gasteiger partial charge on any atom is -0.665 e. The Morgan fingerprint density at radius 3 is 2.41 bits per heavy atom. The highest BCUT2D eigenvalue weighted by molar-refractivity contribution is 8.05. The average Bonchev–Trinajstić information content (AvgIpc) is 3.71. The second-order valence-electron chi connectivity index (χ2n) is 11.3. The molecule has 218 valence electrons. The largest absolute Gasteiger partial charge is 0.665 e. The Hall–Kier alpha value is -5.66. The molecule has 0 saturated carbocycles. The summed E-state index contributed by atoms with van der Waals surface area (Å²) in [7, 11) is 0. The van der Waals surface area contributed by atoms with Crippen molar-refractivity contribution in [3.8, 4) is 33.8 Å². The van der Waals surface area contributed by atoms with Gasteiger partial charge in [0.1, 0.15) is 5.37 Å². The minimum absolute atomic E-state index is 0.00183. The average molecular weight is 610 g/mol. The molecule has 1 atom stereocenters. The van der Waals surface area contributed by atoms with E-state index in [-0.39, 0.29) is 5.37 Å². The number of fused-ring (bicyclic) bond motifs is 3. The Morgan fingerprint density at radius 1 is 0.696 bits per heavy atom. The van der Waals surface area contributed by atoms with E-state index < -0.39 is 0 Å². The van der Waals surface area contributed by atoms with Crippen LogP contribution in [0.2, 0.25) is 0 Å². The second-order valence-corrected chi connectivity index (χ2v) is 12.3. The lowest BCUT2D eigenvalue weighted by Gasteiger charge is -2.28. The van der Waals surface area contributed by atoms with E-state index in [0.717, 1.165) is 66.9 Å². The van der Waals surface area contributed by atoms with Gasteiger partial charge in [-0.3, -0.25) is 15.0 Å². The van der Waals surface area contributed by atoms with Gasteiger partial charge in [-0.15, -0.1) is 5.70 Å². The molecule has 0 aliphatic carbocycles. The third kappa shape index (κ3) is 4.64. The molecule has 3 aliphatic heterocycles. The number of pyridine rings is 3. The van der Waals surface area contributed by atoms with Crippen molar-refractivity contribution in [1.29, 1.82) is 0 Å². The van der Waals surface area contributed by atoms with E-state index in [4.69, 9.17) is 20.3 Å². The standard InChI is InChI=1S/C39H25N6S/c1-2-10-29-25(7-1)8-5-11-30(29)34-21-31-37-38(46-39(31)45-34)36(42-23-43-37)26-15-13-24(14-16-26)28-19-33(27-9-6-17-40-22-27)44-35(20-28)32-12-3-4-18-41-32/h1-22,39H,23H2/q-1. The van der Waals surface area contributed by atoms with Gasteiger partial charge in [-0.2, -0.15) is 0 Å². The lowest BCUT2D eigenvalue weighted by Crippen LogP contribution is -2.09. The Bertz CT molecular complexity index is 2210. The summed E-state index contributed by atoms with van der Waals surface area (Å²) in [5.41, 5.74) is 12.1. The molecule has 0 saturated heterocycles. The summed E-state index contributed by atoms with van der Waals surface area (Å²) in [4.78, 5) is 24.9. The lowest BCUT2D eigenvalue weighted by molar-refractivity contribution is 1.09. The maximum Gasteiger partial charge on any atom is 0.124 e. The number of benzene rings is 3. The molecule has 1 unspecified atom stereocenters.